The van der Waals surface area contributed by atoms with Crippen molar-refractivity contribution < 1.29 is 9.53 Å². The number of rotatable bonds is 3. The van der Waals surface area contributed by atoms with Crippen LogP contribution in [-0.2, 0) is 11.3 Å². The number of nitrogens with one attached hydrogen (secondary N) is 1. The molecule has 0 fully saturated rings. The van der Waals surface area contributed by atoms with Gasteiger partial charge in [-0.25, -0.2) is 0 Å². The van der Waals surface area contributed by atoms with E-state index in [0.717, 1.165) is 22.2 Å². The molecule has 1 amide bonds. The predicted octanol–water partition coefficient (Wildman–Crippen LogP) is 3.90. The van der Waals surface area contributed by atoms with Crippen LogP contribution in [0.15, 0.2) is 42.5 Å². The molecule has 134 valence electrons. The Labute approximate surface area is 158 Å². The van der Waals surface area contributed by atoms with E-state index in [1.54, 1.807) is 19.2 Å². The zero-order chi connectivity index (χ0) is 19.4. The molecule has 2 aromatic carbocycles. The van der Waals surface area contributed by atoms with Crippen LogP contribution in [0.3, 0.4) is 0 Å². The molecule has 0 aliphatic heterocycles. The maximum absolute atomic E-state index is 11.1. The number of hydrogen-bond donors (Lipinski definition) is 1. The number of ether oxygens (including phenoxy) is 1. The van der Waals surface area contributed by atoms with Crippen LogP contribution < -0.4 is 10.1 Å². The fourth-order valence-corrected chi connectivity index (χ4v) is 3.00. The molecule has 27 heavy (non-hydrogen) atoms. The number of nitriles is 1. The Kier molecular flexibility index (Phi) is 5.15. The summed E-state index contributed by atoms with van der Waals surface area (Å²) < 4.78 is 7.32. The molecule has 0 bridgehead atoms. The molecule has 0 saturated carbocycles. The van der Waals surface area contributed by atoms with Gasteiger partial charge in [-0.2, -0.15) is 5.26 Å². The van der Waals surface area contributed by atoms with Gasteiger partial charge < -0.3 is 14.6 Å². The van der Waals surface area contributed by atoms with E-state index in [2.05, 4.69) is 23.2 Å². The first-order valence-corrected chi connectivity index (χ1v) is 8.57. The van der Waals surface area contributed by atoms with Gasteiger partial charge in [0.25, 0.3) is 0 Å². The first kappa shape index (κ1) is 18.1. The molecule has 5 heteroatoms. The molecule has 0 aliphatic carbocycles. The minimum atomic E-state index is -0.115. The Hall–Kier alpha value is -3.70. The highest BCUT2D eigenvalue weighted by Crippen LogP contribution is 2.29. The van der Waals surface area contributed by atoms with Crippen LogP contribution in [0.5, 0.6) is 5.75 Å². The predicted molar refractivity (Wildman–Crippen MR) is 106 cm³/mol. The molecule has 0 saturated heterocycles. The van der Waals surface area contributed by atoms with Gasteiger partial charge in [0.2, 0.25) is 5.91 Å². The standard InChI is InChI=1S/C22H19N3O2/c1-4-25-21-12-10-18(27-3)13-19(21)20(14-23)22(25)11-7-16-5-8-17(9-6-16)24-15(2)26/h5-6,8-10,12-13H,4H2,1-3H3,(H,24,26). The van der Waals surface area contributed by atoms with Crippen LogP contribution >= 0.6 is 0 Å². The van der Waals surface area contributed by atoms with E-state index in [4.69, 9.17) is 4.74 Å². The van der Waals surface area contributed by atoms with E-state index in [0.29, 0.717) is 23.6 Å². The lowest BCUT2D eigenvalue weighted by Crippen LogP contribution is -2.05. The summed E-state index contributed by atoms with van der Waals surface area (Å²) in [6.07, 6.45) is 0. The molecule has 0 unspecified atom stereocenters. The van der Waals surface area contributed by atoms with Crippen molar-refractivity contribution in [3.05, 3.63) is 59.3 Å². The molecule has 0 aliphatic rings. The van der Waals surface area contributed by atoms with E-state index in [1.165, 1.54) is 6.92 Å². The number of amides is 1. The Morgan fingerprint density at radius 1 is 1.19 bits per heavy atom. The van der Waals surface area contributed by atoms with Crippen LogP contribution in [0.2, 0.25) is 0 Å². The van der Waals surface area contributed by atoms with Crippen molar-refractivity contribution in [2.45, 2.75) is 20.4 Å². The first-order chi connectivity index (χ1) is 13.1. The Morgan fingerprint density at radius 3 is 2.52 bits per heavy atom. The Morgan fingerprint density at radius 2 is 1.93 bits per heavy atom. The maximum Gasteiger partial charge on any atom is 0.221 e. The molecular formula is C22H19N3O2. The van der Waals surface area contributed by atoms with Crippen LogP contribution in [-0.4, -0.2) is 17.6 Å². The van der Waals surface area contributed by atoms with Crippen molar-refractivity contribution in [3.8, 4) is 23.7 Å². The molecule has 3 rings (SSSR count). The monoisotopic (exact) mass is 357 g/mol. The van der Waals surface area contributed by atoms with Gasteiger partial charge in [-0.05, 0) is 55.3 Å². The van der Waals surface area contributed by atoms with Crippen LogP contribution in [0.25, 0.3) is 10.9 Å². The number of carbonyl (C=O) groups is 1. The third-order valence-corrected chi connectivity index (χ3v) is 4.23. The highest BCUT2D eigenvalue weighted by Gasteiger charge is 2.15. The highest BCUT2D eigenvalue weighted by molar-refractivity contribution is 5.91. The number of anilines is 1. The summed E-state index contributed by atoms with van der Waals surface area (Å²) >= 11 is 0. The maximum atomic E-state index is 11.1. The smallest absolute Gasteiger partial charge is 0.221 e. The zero-order valence-electron chi connectivity index (χ0n) is 15.5. The number of methoxy groups -OCH3 is 1. The minimum absolute atomic E-state index is 0.115. The average Bonchev–Trinajstić information content (AvgIpc) is 2.98. The quantitative estimate of drug-likeness (QED) is 0.723. The molecule has 0 atom stereocenters. The van der Waals surface area contributed by atoms with Crippen molar-refractivity contribution in [2.24, 2.45) is 0 Å². The first-order valence-electron chi connectivity index (χ1n) is 8.57. The molecule has 1 aromatic heterocycles. The van der Waals surface area contributed by atoms with Crippen molar-refractivity contribution in [1.29, 1.82) is 5.26 Å². The van der Waals surface area contributed by atoms with E-state index in [9.17, 15) is 10.1 Å². The lowest BCUT2D eigenvalue weighted by Gasteiger charge is -2.04. The number of aromatic nitrogens is 1. The molecule has 1 heterocycles. The highest BCUT2D eigenvalue weighted by atomic mass is 16.5. The number of benzene rings is 2. The van der Waals surface area contributed by atoms with Crippen LogP contribution in [0.4, 0.5) is 5.69 Å². The number of carbonyl (C=O) groups excluding carboxylic acids is 1. The van der Waals surface area contributed by atoms with E-state index in [1.807, 2.05) is 41.8 Å². The second kappa shape index (κ2) is 7.68. The largest absolute Gasteiger partial charge is 0.497 e. The fraction of sp³-hybridized carbons (Fsp3) is 0.182. The van der Waals surface area contributed by atoms with Crippen molar-refractivity contribution in [3.63, 3.8) is 0 Å². The van der Waals surface area contributed by atoms with E-state index < -0.39 is 0 Å². The van der Waals surface area contributed by atoms with Crippen LogP contribution in [0, 0.1) is 23.2 Å². The summed E-state index contributed by atoms with van der Waals surface area (Å²) in [6, 6.07) is 15.3. The summed E-state index contributed by atoms with van der Waals surface area (Å²) in [5.74, 6) is 6.86. The zero-order valence-corrected chi connectivity index (χ0v) is 15.5. The van der Waals surface area contributed by atoms with Gasteiger partial charge >= 0.3 is 0 Å². The van der Waals surface area contributed by atoms with Crippen molar-refractivity contribution in [2.75, 3.05) is 12.4 Å². The Bertz CT molecular complexity index is 1110. The molecule has 5 nitrogen and oxygen atoms in total. The number of nitrogens with zero attached hydrogens (tertiary/aromatic N) is 2. The van der Waals surface area contributed by atoms with Gasteiger partial charge in [0.15, 0.2) is 0 Å². The summed E-state index contributed by atoms with van der Waals surface area (Å²) in [6.45, 7) is 4.20. The lowest BCUT2D eigenvalue weighted by molar-refractivity contribution is -0.114. The third-order valence-electron chi connectivity index (χ3n) is 4.23. The van der Waals surface area contributed by atoms with Crippen molar-refractivity contribution >= 4 is 22.5 Å². The van der Waals surface area contributed by atoms with E-state index >= 15 is 0 Å². The molecule has 0 radical (unpaired) electrons. The SMILES string of the molecule is CCn1c(C#Cc2ccc(NC(C)=O)cc2)c(C#N)c2cc(OC)ccc21. The van der Waals surface area contributed by atoms with Gasteiger partial charge in [0.05, 0.1) is 18.2 Å². The molecule has 0 spiro atoms. The Balaban J connectivity index is 2.06. The van der Waals surface area contributed by atoms with E-state index in [-0.39, 0.29) is 5.91 Å². The third kappa shape index (κ3) is 3.63. The van der Waals surface area contributed by atoms with Crippen molar-refractivity contribution in [1.82, 2.24) is 4.57 Å². The summed E-state index contributed by atoms with van der Waals surface area (Å²) in [5, 5.41) is 13.3. The number of fused-ring (bicyclic) bond motifs is 1. The minimum Gasteiger partial charge on any atom is -0.497 e. The summed E-state index contributed by atoms with van der Waals surface area (Å²) in [4.78, 5) is 11.1. The van der Waals surface area contributed by atoms with Gasteiger partial charge in [0.1, 0.15) is 17.5 Å². The fourth-order valence-electron chi connectivity index (χ4n) is 3.00. The molecule has 1 N–H and O–H groups in total. The molecule has 3 aromatic rings. The summed E-state index contributed by atoms with van der Waals surface area (Å²) in [5.41, 5.74) is 3.72. The number of hydrogen-bond acceptors (Lipinski definition) is 3. The molecular weight excluding hydrogens is 338 g/mol. The average molecular weight is 357 g/mol. The van der Waals surface area contributed by atoms with Crippen LogP contribution in [0.1, 0.15) is 30.7 Å². The van der Waals surface area contributed by atoms with Gasteiger partial charge in [-0.3, -0.25) is 4.79 Å². The lowest BCUT2D eigenvalue weighted by atomic mass is 10.1. The van der Waals surface area contributed by atoms with Gasteiger partial charge in [-0.15, -0.1) is 0 Å². The topological polar surface area (TPSA) is 67.0 Å². The van der Waals surface area contributed by atoms with Gasteiger partial charge in [0, 0.05) is 30.1 Å². The number of aryl methyl sites for hydroxylation is 1. The second-order valence-corrected chi connectivity index (χ2v) is 5.97. The second-order valence-electron chi connectivity index (χ2n) is 5.97. The normalized spacial score (nSPS) is 10.0. The summed E-state index contributed by atoms with van der Waals surface area (Å²) in [7, 11) is 1.61. The van der Waals surface area contributed by atoms with Gasteiger partial charge in [-0.1, -0.05) is 5.92 Å².